The summed E-state index contributed by atoms with van der Waals surface area (Å²) in [4.78, 5) is 15.5. The minimum Gasteiger partial charge on any atom is -0.358 e. The molecule has 2 nitrogen and oxygen atoms in total. The number of hydrogen-bond donors (Lipinski definition) is 1. The molecule has 0 saturated carbocycles. The number of aryl methyl sites for hydroxylation is 1. The van der Waals surface area contributed by atoms with Crippen LogP contribution in [0.15, 0.2) is 36.4 Å². The van der Waals surface area contributed by atoms with Crippen LogP contribution in [0.4, 0.5) is 13.2 Å². The van der Waals surface area contributed by atoms with E-state index in [-0.39, 0.29) is 5.56 Å². The van der Waals surface area contributed by atoms with Crippen LogP contribution in [0.5, 0.6) is 0 Å². The first-order valence-electron chi connectivity index (χ1n) is 6.25. The van der Waals surface area contributed by atoms with Crippen LogP contribution in [0.25, 0.3) is 10.9 Å². The van der Waals surface area contributed by atoms with Crippen molar-refractivity contribution in [3.05, 3.63) is 70.7 Å². The zero-order chi connectivity index (χ0) is 15.1. The SMILES string of the molecule is Cc1[nH]c2ccccc2c1C(=O)c1c(F)cc(F)cc1F. The first kappa shape index (κ1) is 13.4. The van der Waals surface area contributed by atoms with Crippen LogP contribution in [0.3, 0.4) is 0 Å². The average Bonchev–Trinajstić information content (AvgIpc) is 2.73. The van der Waals surface area contributed by atoms with Crippen molar-refractivity contribution in [2.45, 2.75) is 6.92 Å². The standard InChI is InChI=1S/C16H10F3NO/c1-8-14(10-4-2-3-5-13(10)20-8)16(21)15-11(18)6-9(17)7-12(15)19/h2-7,20H,1H3. The van der Waals surface area contributed by atoms with Crippen LogP contribution in [-0.4, -0.2) is 10.8 Å². The normalized spacial score (nSPS) is 11.0. The number of para-hydroxylation sites is 1. The topological polar surface area (TPSA) is 32.9 Å². The Hall–Kier alpha value is -2.56. The van der Waals surface area contributed by atoms with Gasteiger partial charge in [0, 0.05) is 28.7 Å². The average molecular weight is 289 g/mol. The molecule has 0 unspecified atom stereocenters. The van der Waals surface area contributed by atoms with Crippen LogP contribution in [0.2, 0.25) is 0 Å². The summed E-state index contributed by atoms with van der Waals surface area (Å²) < 4.78 is 40.5. The molecule has 2 aromatic carbocycles. The molecular formula is C16H10F3NO. The van der Waals surface area contributed by atoms with Crippen molar-refractivity contribution < 1.29 is 18.0 Å². The number of fused-ring (bicyclic) bond motifs is 1. The van der Waals surface area contributed by atoms with E-state index in [1.165, 1.54) is 0 Å². The molecule has 0 fully saturated rings. The Morgan fingerprint density at radius 3 is 2.29 bits per heavy atom. The molecule has 1 aromatic heterocycles. The number of benzene rings is 2. The van der Waals surface area contributed by atoms with Crippen molar-refractivity contribution in [2.24, 2.45) is 0 Å². The Kier molecular flexibility index (Phi) is 3.05. The molecule has 1 heterocycles. The Balaban J connectivity index is 2.25. The second-order valence-electron chi connectivity index (χ2n) is 4.74. The third-order valence-corrected chi connectivity index (χ3v) is 3.35. The van der Waals surface area contributed by atoms with E-state index in [2.05, 4.69) is 4.98 Å². The maximum atomic E-state index is 13.8. The Labute approximate surface area is 118 Å². The highest BCUT2D eigenvalue weighted by molar-refractivity contribution is 6.17. The van der Waals surface area contributed by atoms with Crippen LogP contribution < -0.4 is 0 Å². The molecule has 1 N–H and O–H groups in total. The maximum Gasteiger partial charge on any atom is 0.201 e. The van der Waals surface area contributed by atoms with E-state index in [1.54, 1.807) is 31.2 Å². The third-order valence-electron chi connectivity index (χ3n) is 3.35. The van der Waals surface area contributed by atoms with Crippen molar-refractivity contribution in [3.8, 4) is 0 Å². The summed E-state index contributed by atoms with van der Waals surface area (Å²) in [5.41, 5.74) is 0.643. The van der Waals surface area contributed by atoms with Crippen LogP contribution >= 0.6 is 0 Å². The van der Waals surface area contributed by atoms with E-state index >= 15 is 0 Å². The zero-order valence-electron chi connectivity index (χ0n) is 11.0. The fraction of sp³-hybridized carbons (Fsp3) is 0.0625. The maximum absolute atomic E-state index is 13.8. The number of carbonyl (C=O) groups excluding carboxylic acids is 1. The summed E-state index contributed by atoms with van der Waals surface area (Å²) in [6, 6.07) is 7.96. The lowest BCUT2D eigenvalue weighted by Crippen LogP contribution is -2.09. The highest BCUT2D eigenvalue weighted by Gasteiger charge is 2.24. The smallest absolute Gasteiger partial charge is 0.201 e. The van der Waals surface area contributed by atoms with Gasteiger partial charge < -0.3 is 4.98 Å². The monoisotopic (exact) mass is 289 g/mol. The van der Waals surface area contributed by atoms with Gasteiger partial charge in [-0.1, -0.05) is 18.2 Å². The number of halogens is 3. The number of ketones is 1. The van der Waals surface area contributed by atoms with Crippen molar-refractivity contribution in [1.82, 2.24) is 4.98 Å². The van der Waals surface area contributed by atoms with Gasteiger partial charge in [0.2, 0.25) is 5.78 Å². The van der Waals surface area contributed by atoms with Crippen molar-refractivity contribution in [1.29, 1.82) is 0 Å². The highest BCUT2D eigenvalue weighted by Crippen LogP contribution is 2.27. The van der Waals surface area contributed by atoms with E-state index in [0.29, 0.717) is 28.7 Å². The summed E-state index contributed by atoms with van der Waals surface area (Å²) in [5, 5.41) is 0.572. The molecule has 0 saturated heterocycles. The fourth-order valence-electron chi connectivity index (χ4n) is 2.45. The van der Waals surface area contributed by atoms with Gasteiger partial charge in [-0.05, 0) is 13.0 Å². The number of carbonyl (C=O) groups is 1. The molecule has 3 rings (SSSR count). The van der Waals surface area contributed by atoms with Gasteiger partial charge in [0.15, 0.2) is 0 Å². The first-order chi connectivity index (χ1) is 9.99. The molecule has 0 radical (unpaired) electrons. The van der Waals surface area contributed by atoms with Gasteiger partial charge in [0.1, 0.15) is 17.5 Å². The minimum atomic E-state index is -1.21. The molecular weight excluding hydrogens is 279 g/mol. The molecule has 0 bridgehead atoms. The molecule has 21 heavy (non-hydrogen) atoms. The van der Waals surface area contributed by atoms with Gasteiger partial charge >= 0.3 is 0 Å². The number of rotatable bonds is 2. The largest absolute Gasteiger partial charge is 0.358 e. The molecule has 0 atom stereocenters. The molecule has 3 aromatic rings. The van der Waals surface area contributed by atoms with Crippen LogP contribution in [-0.2, 0) is 0 Å². The summed E-state index contributed by atoms with van der Waals surface area (Å²) in [5.74, 6) is -4.28. The lowest BCUT2D eigenvalue weighted by molar-refractivity contribution is 0.103. The number of aromatic amines is 1. The lowest BCUT2D eigenvalue weighted by Gasteiger charge is -2.05. The molecule has 106 valence electrons. The minimum absolute atomic E-state index is 0.190. The number of hydrogen-bond acceptors (Lipinski definition) is 1. The third kappa shape index (κ3) is 2.11. The summed E-state index contributed by atoms with van der Waals surface area (Å²) >= 11 is 0. The second-order valence-corrected chi connectivity index (χ2v) is 4.74. The molecule has 0 amide bonds. The number of aromatic nitrogens is 1. The van der Waals surface area contributed by atoms with E-state index < -0.39 is 28.8 Å². The second kappa shape index (κ2) is 4.77. The van der Waals surface area contributed by atoms with Crippen LogP contribution in [0, 0.1) is 24.4 Å². The highest BCUT2D eigenvalue weighted by atomic mass is 19.1. The van der Waals surface area contributed by atoms with Crippen molar-refractivity contribution in [3.63, 3.8) is 0 Å². The van der Waals surface area contributed by atoms with Crippen molar-refractivity contribution >= 4 is 16.7 Å². The van der Waals surface area contributed by atoms with Crippen LogP contribution in [0.1, 0.15) is 21.6 Å². The quantitative estimate of drug-likeness (QED) is 0.707. The zero-order valence-corrected chi connectivity index (χ0v) is 11.0. The lowest BCUT2D eigenvalue weighted by atomic mass is 9.99. The van der Waals surface area contributed by atoms with Gasteiger partial charge in [0.25, 0.3) is 0 Å². The molecule has 5 heteroatoms. The van der Waals surface area contributed by atoms with Gasteiger partial charge in [0.05, 0.1) is 11.1 Å². The van der Waals surface area contributed by atoms with E-state index in [0.717, 1.165) is 0 Å². The Morgan fingerprint density at radius 2 is 1.62 bits per heavy atom. The van der Waals surface area contributed by atoms with E-state index in [1.807, 2.05) is 0 Å². The molecule has 0 aliphatic rings. The Morgan fingerprint density at radius 1 is 1.00 bits per heavy atom. The van der Waals surface area contributed by atoms with Gasteiger partial charge in [-0.25, -0.2) is 13.2 Å². The number of H-pyrrole nitrogens is 1. The van der Waals surface area contributed by atoms with Gasteiger partial charge in [-0.15, -0.1) is 0 Å². The number of nitrogens with one attached hydrogen (secondary N) is 1. The molecule has 0 aliphatic heterocycles. The first-order valence-corrected chi connectivity index (χ1v) is 6.25. The summed E-state index contributed by atoms with van der Waals surface area (Å²) in [7, 11) is 0. The van der Waals surface area contributed by atoms with Gasteiger partial charge in [-0.2, -0.15) is 0 Å². The summed E-state index contributed by atoms with van der Waals surface area (Å²) in [6.45, 7) is 1.65. The molecule has 0 spiro atoms. The predicted molar refractivity (Wildman–Crippen MR) is 72.8 cm³/mol. The summed E-state index contributed by atoms with van der Waals surface area (Å²) in [6.07, 6.45) is 0. The Bertz CT molecular complexity index is 844. The van der Waals surface area contributed by atoms with E-state index in [4.69, 9.17) is 0 Å². The van der Waals surface area contributed by atoms with E-state index in [9.17, 15) is 18.0 Å². The molecule has 0 aliphatic carbocycles. The van der Waals surface area contributed by atoms with Crippen molar-refractivity contribution in [2.75, 3.05) is 0 Å². The fourth-order valence-corrected chi connectivity index (χ4v) is 2.45. The predicted octanol–water partition coefficient (Wildman–Crippen LogP) is 4.12. The van der Waals surface area contributed by atoms with Gasteiger partial charge in [-0.3, -0.25) is 4.79 Å².